The van der Waals surface area contributed by atoms with Gasteiger partial charge in [-0.05, 0) is 77.3 Å². The molecule has 0 heterocycles. The number of carbonyl (C=O) groups is 1. The van der Waals surface area contributed by atoms with Gasteiger partial charge in [-0.25, -0.2) is 4.79 Å². The molecule has 31 heavy (non-hydrogen) atoms. The summed E-state index contributed by atoms with van der Waals surface area (Å²) in [6.07, 6.45) is 0. The van der Waals surface area contributed by atoms with Crippen molar-refractivity contribution in [3.05, 3.63) is 58.1 Å². The summed E-state index contributed by atoms with van der Waals surface area (Å²) in [5.74, 6) is -0.835. The number of phenols is 1. The number of phenolic OH excluding ortho intramolecular Hbond substituents is 1. The van der Waals surface area contributed by atoms with Crippen LogP contribution < -0.4 is 4.74 Å². The molecule has 0 unspecified atom stereocenters. The van der Waals surface area contributed by atoms with E-state index in [0.717, 1.165) is 0 Å². The molecule has 2 aromatic rings. The fourth-order valence-electron chi connectivity index (χ4n) is 3.49. The lowest BCUT2D eigenvalue weighted by Gasteiger charge is -2.31. The SMILES string of the molecule is CC(C)c1c(O)cccc1C(=O)Oc1c(C(C)(C)O)cc(C(C)(C)O)cc1C(C)(C)O. The Kier molecular flexibility index (Phi) is 6.62. The van der Waals surface area contributed by atoms with Gasteiger partial charge in [-0.1, -0.05) is 19.9 Å². The number of carbonyl (C=O) groups excluding carboxylic acids is 1. The summed E-state index contributed by atoms with van der Waals surface area (Å²) in [5.41, 5.74) is -2.50. The fraction of sp³-hybridized carbons (Fsp3) is 0.480. The Morgan fingerprint density at radius 1 is 0.871 bits per heavy atom. The number of aromatic hydroxyl groups is 1. The van der Waals surface area contributed by atoms with Crippen LogP contribution in [-0.4, -0.2) is 26.4 Å². The first-order valence-corrected chi connectivity index (χ1v) is 10.3. The Balaban J connectivity index is 2.77. The molecule has 2 rings (SSSR count). The van der Waals surface area contributed by atoms with Crippen LogP contribution in [0.2, 0.25) is 0 Å². The molecule has 0 saturated heterocycles. The van der Waals surface area contributed by atoms with Gasteiger partial charge in [0.15, 0.2) is 0 Å². The summed E-state index contributed by atoms with van der Waals surface area (Å²) in [6.45, 7) is 13.1. The van der Waals surface area contributed by atoms with Crippen LogP contribution in [0.25, 0.3) is 0 Å². The minimum Gasteiger partial charge on any atom is -0.508 e. The van der Waals surface area contributed by atoms with E-state index in [1.165, 1.54) is 33.8 Å². The Bertz CT molecular complexity index is 934. The molecular formula is C25H34O6. The van der Waals surface area contributed by atoms with E-state index in [1.54, 1.807) is 38.1 Å². The topological polar surface area (TPSA) is 107 Å². The Hall–Kier alpha value is -2.41. The van der Waals surface area contributed by atoms with E-state index in [0.29, 0.717) is 11.1 Å². The van der Waals surface area contributed by atoms with Gasteiger partial charge in [-0.15, -0.1) is 0 Å². The van der Waals surface area contributed by atoms with E-state index >= 15 is 0 Å². The van der Waals surface area contributed by atoms with Crippen LogP contribution in [0.4, 0.5) is 0 Å². The molecule has 0 spiro atoms. The van der Waals surface area contributed by atoms with Gasteiger partial charge in [0.25, 0.3) is 0 Å². The normalized spacial score (nSPS) is 12.9. The summed E-state index contributed by atoms with van der Waals surface area (Å²) in [6, 6.07) is 7.78. The van der Waals surface area contributed by atoms with E-state index < -0.39 is 22.8 Å². The van der Waals surface area contributed by atoms with Crippen LogP contribution in [0.5, 0.6) is 11.5 Å². The molecule has 0 amide bonds. The Morgan fingerprint density at radius 3 is 1.74 bits per heavy atom. The van der Waals surface area contributed by atoms with Gasteiger partial charge in [0, 0.05) is 16.7 Å². The second-order valence-electron chi connectivity index (χ2n) is 9.86. The van der Waals surface area contributed by atoms with Crippen molar-refractivity contribution in [2.24, 2.45) is 0 Å². The van der Waals surface area contributed by atoms with Crippen LogP contribution >= 0.6 is 0 Å². The lowest BCUT2D eigenvalue weighted by Crippen LogP contribution is -2.27. The number of esters is 1. The summed E-state index contributed by atoms with van der Waals surface area (Å²) in [7, 11) is 0. The third kappa shape index (κ3) is 5.45. The number of rotatable bonds is 6. The lowest BCUT2D eigenvalue weighted by atomic mass is 9.84. The first-order valence-electron chi connectivity index (χ1n) is 10.3. The van der Waals surface area contributed by atoms with Crippen LogP contribution in [0.15, 0.2) is 30.3 Å². The van der Waals surface area contributed by atoms with Crippen molar-refractivity contribution in [3.63, 3.8) is 0 Å². The zero-order valence-corrected chi connectivity index (χ0v) is 19.6. The first kappa shape index (κ1) is 24.9. The molecule has 4 N–H and O–H groups in total. The number of benzene rings is 2. The summed E-state index contributed by atoms with van der Waals surface area (Å²) >= 11 is 0. The monoisotopic (exact) mass is 430 g/mol. The van der Waals surface area contributed by atoms with Crippen molar-refractivity contribution in [3.8, 4) is 11.5 Å². The molecule has 0 aliphatic heterocycles. The Labute approximate surface area is 184 Å². The highest BCUT2D eigenvalue weighted by molar-refractivity contribution is 5.94. The Morgan fingerprint density at radius 2 is 1.35 bits per heavy atom. The molecule has 0 fully saturated rings. The number of ether oxygens (including phenoxy) is 1. The van der Waals surface area contributed by atoms with Gasteiger partial charge >= 0.3 is 5.97 Å². The minimum atomic E-state index is -1.43. The van der Waals surface area contributed by atoms with E-state index in [1.807, 2.05) is 13.8 Å². The van der Waals surface area contributed by atoms with Crippen molar-refractivity contribution in [1.82, 2.24) is 0 Å². The third-order valence-corrected chi connectivity index (χ3v) is 5.19. The maximum Gasteiger partial charge on any atom is 0.343 e. The van der Waals surface area contributed by atoms with Gasteiger partial charge < -0.3 is 25.2 Å². The quantitative estimate of drug-likeness (QED) is 0.399. The highest BCUT2D eigenvalue weighted by atomic mass is 16.5. The van der Waals surface area contributed by atoms with Crippen LogP contribution in [-0.2, 0) is 16.8 Å². The fourth-order valence-corrected chi connectivity index (χ4v) is 3.49. The van der Waals surface area contributed by atoms with E-state index in [2.05, 4.69) is 0 Å². The maximum atomic E-state index is 13.2. The van der Waals surface area contributed by atoms with Gasteiger partial charge in [-0.2, -0.15) is 0 Å². The summed E-state index contributed by atoms with van der Waals surface area (Å²) in [5, 5.41) is 42.5. The van der Waals surface area contributed by atoms with Crippen LogP contribution in [0, 0.1) is 0 Å². The van der Waals surface area contributed by atoms with E-state index in [-0.39, 0.29) is 34.1 Å². The molecule has 0 radical (unpaired) electrons. The molecule has 0 bridgehead atoms. The molecule has 6 nitrogen and oxygen atoms in total. The van der Waals surface area contributed by atoms with Crippen molar-refractivity contribution in [2.75, 3.05) is 0 Å². The van der Waals surface area contributed by atoms with Crippen LogP contribution in [0.3, 0.4) is 0 Å². The lowest BCUT2D eigenvalue weighted by molar-refractivity contribution is 0.0550. The van der Waals surface area contributed by atoms with E-state index in [4.69, 9.17) is 4.74 Å². The van der Waals surface area contributed by atoms with Gasteiger partial charge in [0.2, 0.25) is 0 Å². The van der Waals surface area contributed by atoms with Crippen molar-refractivity contribution < 1.29 is 30.0 Å². The second-order valence-corrected chi connectivity index (χ2v) is 9.86. The van der Waals surface area contributed by atoms with Crippen molar-refractivity contribution in [2.45, 2.75) is 78.1 Å². The second kappa shape index (κ2) is 8.26. The maximum absolute atomic E-state index is 13.2. The highest BCUT2D eigenvalue weighted by Gasteiger charge is 2.34. The molecular weight excluding hydrogens is 396 g/mol. The predicted molar refractivity (Wildman–Crippen MR) is 119 cm³/mol. The number of aliphatic hydroxyl groups is 3. The average molecular weight is 431 g/mol. The molecule has 6 heteroatoms. The zero-order valence-electron chi connectivity index (χ0n) is 19.6. The molecule has 0 aromatic heterocycles. The smallest absolute Gasteiger partial charge is 0.343 e. The number of hydrogen-bond donors (Lipinski definition) is 4. The summed E-state index contributed by atoms with van der Waals surface area (Å²) in [4.78, 5) is 13.2. The third-order valence-electron chi connectivity index (χ3n) is 5.19. The average Bonchev–Trinajstić information content (AvgIpc) is 2.58. The van der Waals surface area contributed by atoms with Crippen molar-refractivity contribution in [1.29, 1.82) is 0 Å². The predicted octanol–water partition coefficient (Wildman–Crippen LogP) is 4.42. The minimum absolute atomic E-state index is 0.00717. The number of hydrogen-bond acceptors (Lipinski definition) is 6. The largest absolute Gasteiger partial charge is 0.508 e. The molecule has 2 aromatic carbocycles. The molecule has 0 atom stereocenters. The molecule has 170 valence electrons. The van der Waals surface area contributed by atoms with Crippen molar-refractivity contribution >= 4 is 5.97 Å². The zero-order chi connectivity index (χ0) is 23.9. The van der Waals surface area contributed by atoms with E-state index in [9.17, 15) is 25.2 Å². The van der Waals surface area contributed by atoms with Gasteiger partial charge in [-0.3, -0.25) is 0 Å². The standard InChI is InChI=1S/C25H34O6/c1-14(2)20-16(10-9-11-19(20)26)22(27)31-21-17(24(5,6)29)12-15(23(3,4)28)13-18(21)25(7,8)30/h9-14,26,28-30H,1-8H3. The van der Waals surface area contributed by atoms with Gasteiger partial charge in [0.1, 0.15) is 11.5 Å². The van der Waals surface area contributed by atoms with Gasteiger partial charge in [0.05, 0.1) is 22.4 Å². The molecule has 0 aliphatic rings. The van der Waals surface area contributed by atoms with Crippen LogP contribution in [0.1, 0.15) is 93.9 Å². The molecule has 0 aliphatic carbocycles. The highest BCUT2D eigenvalue weighted by Crippen LogP contribution is 2.42. The molecule has 0 saturated carbocycles. The first-order chi connectivity index (χ1) is 13.9. The summed E-state index contributed by atoms with van der Waals surface area (Å²) < 4.78 is 5.78.